The van der Waals surface area contributed by atoms with Crippen molar-refractivity contribution < 1.29 is 80.2 Å². The first-order valence-electron chi connectivity index (χ1n) is 39.5. The van der Waals surface area contributed by atoms with Gasteiger partial charge < -0.3 is 33.8 Å². The summed E-state index contributed by atoms with van der Waals surface area (Å²) in [5, 5.41) is 10.6. The van der Waals surface area contributed by atoms with Gasteiger partial charge in [-0.15, -0.1) is 0 Å². The number of esters is 4. The Labute approximate surface area is 581 Å². The lowest BCUT2D eigenvalue weighted by Gasteiger charge is -2.21. The number of ether oxygens (including phenoxy) is 4. The predicted octanol–water partition coefficient (Wildman–Crippen LogP) is 22.3. The Balaban J connectivity index is 5.20. The second-order valence-electron chi connectivity index (χ2n) is 28.3. The molecule has 0 aromatic heterocycles. The van der Waals surface area contributed by atoms with E-state index >= 15 is 0 Å². The molecule has 95 heavy (non-hydrogen) atoms. The van der Waals surface area contributed by atoms with E-state index < -0.39 is 97.5 Å². The maximum absolute atomic E-state index is 13.1. The fourth-order valence-electron chi connectivity index (χ4n) is 11.7. The number of aliphatic hydroxyl groups excluding tert-OH is 1. The molecule has 0 aromatic carbocycles. The quantitative estimate of drug-likeness (QED) is 0.0222. The van der Waals surface area contributed by atoms with Crippen molar-refractivity contribution in [2.45, 2.75) is 413 Å². The number of phosphoric acid groups is 2. The molecule has 0 heterocycles. The molecule has 3 N–H and O–H groups in total. The van der Waals surface area contributed by atoms with Crippen LogP contribution in [-0.2, 0) is 65.4 Å². The minimum absolute atomic E-state index is 0.105. The zero-order valence-corrected chi connectivity index (χ0v) is 63.8. The van der Waals surface area contributed by atoms with Crippen LogP contribution >= 0.6 is 15.6 Å². The normalized spacial score (nSPS) is 14.0. The Morgan fingerprint density at radius 3 is 0.716 bits per heavy atom. The van der Waals surface area contributed by atoms with Gasteiger partial charge in [-0.25, -0.2) is 9.13 Å². The molecular formula is C76H148O17P2. The highest BCUT2D eigenvalue weighted by atomic mass is 31.2. The Hall–Kier alpha value is -1.94. The third kappa shape index (κ3) is 70.3. The van der Waals surface area contributed by atoms with Crippen LogP contribution in [0.25, 0.3) is 0 Å². The van der Waals surface area contributed by atoms with E-state index in [2.05, 4.69) is 41.5 Å². The SMILES string of the molecule is CCCCCCCCCCCCCCCCCCCCC(=O)OC[C@H](COP(=O)(O)OC[C@@H](O)COP(=O)(O)OC[C@@H](COC(=O)CCCCCCCCC(C)C)OC(=O)CCCCCCCCCCCC)OC(=O)CCCCCCCCCCCCCCCCCC(C)C. The van der Waals surface area contributed by atoms with E-state index in [9.17, 15) is 43.2 Å². The fourth-order valence-corrected chi connectivity index (χ4v) is 13.2. The molecule has 2 unspecified atom stereocenters. The van der Waals surface area contributed by atoms with Crippen LogP contribution in [-0.4, -0.2) is 96.7 Å². The van der Waals surface area contributed by atoms with Crippen LogP contribution in [0.4, 0.5) is 0 Å². The molecule has 0 rings (SSSR count). The van der Waals surface area contributed by atoms with Crippen LogP contribution in [0.1, 0.15) is 395 Å². The number of carbonyl (C=O) groups excluding carboxylic acids is 4. The van der Waals surface area contributed by atoms with Crippen LogP contribution in [0.5, 0.6) is 0 Å². The molecule has 0 saturated carbocycles. The summed E-state index contributed by atoms with van der Waals surface area (Å²) in [7, 11) is -9.91. The summed E-state index contributed by atoms with van der Waals surface area (Å²) in [5.74, 6) is -0.636. The maximum atomic E-state index is 13.1. The smallest absolute Gasteiger partial charge is 0.462 e. The van der Waals surface area contributed by atoms with Crippen LogP contribution in [0.3, 0.4) is 0 Å². The van der Waals surface area contributed by atoms with E-state index in [4.69, 9.17) is 37.0 Å². The Morgan fingerprint density at radius 1 is 0.284 bits per heavy atom. The number of aliphatic hydroxyl groups is 1. The molecule has 19 heteroatoms. The topological polar surface area (TPSA) is 237 Å². The van der Waals surface area contributed by atoms with E-state index in [-0.39, 0.29) is 25.7 Å². The van der Waals surface area contributed by atoms with Gasteiger partial charge in [-0.2, -0.15) is 0 Å². The van der Waals surface area contributed by atoms with Crippen molar-refractivity contribution in [2.24, 2.45) is 11.8 Å². The number of phosphoric ester groups is 2. The second kappa shape index (κ2) is 67.9. The van der Waals surface area contributed by atoms with Crippen molar-refractivity contribution in [3.8, 4) is 0 Å². The minimum Gasteiger partial charge on any atom is -0.462 e. The molecule has 0 aliphatic carbocycles. The van der Waals surface area contributed by atoms with Crippen LogP contribution < -0.4 is 0 Å². The molecule has 0 aromatic rings. The molecule has 5 atom stereocenters. The number of carbonyl (C=O) groups is 4. The van der Waals surface area contributed by atoms with Crippen molar-refractivity contribution in [2.75, 3.05) is 39.6 Å². The summed E-state index contributed by atoms with van der Waals surface area (Å²) >= 11 is 0. The molecule has 0 amide bonds. The van der Waals surface area contributed by atoms with Gasteiger partial charge in [-0.3, -0.25) is 37.3 Å². The highest BCUT2D eigenvalue weighted by Gasteiger charge is 2.30. The minimum atomic E-state index is -4.96. The fraction of sp³-hybridized carbons (Fsp3) is 0.947. The molecule has 17 nitrogen and oxygen atoms in total. The van der Waals surface area contributed by atoms with Crippen molar-refractivity contribution in [1.82, 2.24) is 0 Å². The molecule has 0 aliphatic rings. The third-order valence-electron chi connectivity index (χ3n) is 17.7. The lowest BCUT2D eigenvalue weighted by atomic mass is 10.0. The standard InChI is InChI=1S/C76H148O17P2/c1-7-9-11-13-15-17-19-20-21-22-23-26-29-32-36-39-46-52-58-73(78)86-64-71(92-76(81)61-55-49-41-37-33-30-27-24-25-28-31-34-38-44-50-56-68(3)4)66-90-94(82,83)88-62-70(77)63-89-95(84,85)91-67-72(65-87-74(79)59-53-47-43-42-45-51-57-69(5)6)93-75(80)60-54-48-40-35-18-16-14-12-10-8-2/h68-72,77H,7-67H2,1-6H3,(H,82,83)(H,84,85)/t70-,71-,72-/m1/s1. The molecule has 0 fully saturated rings. The number of hydrogen-bond donors (Lipinski definition) is 3. The number of hydrogen-bond acceptors (Lipinski definition) is 15. The molecule has 0 bridgehead atoms. The number of unbranched alkanes of at least 4 members (excludes halogenated alkanes) is 45. The van der Waals surface area contributed by atoms with E-state index in [1.807, 2.05) is 0 Å². The zero-order valence-electron chi connectivity index (χ0n) is 62.0. The highest BCUT2D eigenvalue weighted by Crippen LogP contribution is 2.45. The van der Waals surface area contributed by atoms with Gasteiger partial charge >= 0.3 is 39.5 Å². The van der Waals surface area contributed by atoms with Crippen molar-refractivity contribution in [3.05, 3.63) is 0 Å². The maximum Gasteiger partial charge on any atom is 0.472 e. The van der Waals surface area contributed by atoms with Gasteiger partial charge in [0.2, 0.25) is 0 Å². The second-order valence-corrected chi connectivity index (χ2v) is 31.3. The highest BCUT2D eigenvalue weighted by molar-refractivity contribution is 7.47. The molecule has 0 spiro atoms. The van der Waals surface area contributed by atoms with Gasteiger partial charge in [0.15, 0.2) is 12.2 Å². The molecule has 0 saturated heterocycles. The van der Waals surface area contributed by atoms with E-state index in [1.165, 1.54) is 205 Å². The predicted molar refractivity (Wildman–Crippen MR) is 386 cm³/mol. The van der Waals surface area contributed by atoms with Gasteiger partial charge in [0.25, 0.3) is 0 Å². The van der Waals surface area contributed by atoms with Crippen LogP contribution in [0, 0.1) is 11.8 Å². The Kier molecular flexibility index (Phi) is 66.5. The van der Waals surface area contributed by atoms with Crippen molar-refractivity contribution in [3.63, 3.8) is 0 Å². The summed E-state index contributed by atoms with van der Waals surface area (Å²) in [5.41, 5.74) is 0. The monoisotopic (exact) mass is 1400 g/mol. The first kappa shape index (κ1) is 93.1. The number of rotatable bonds is 75. The lowest BCUT2D eigenvalue weighted by molar-refractivity contribution is -0.161. The first-order valence-corrected chi connectivity index (χ1v) is 42.5. The van der Waals surface area contributed by atoms with Crippen molar-refractivity contribution in [1.29, 1.82) is 0 Å². The Morgan fingerprint density at radius 2 is 0.484 bits per heavy atom. The first-order chi connectivity index (χ1) is 45.9. The molecular weight excluding hydrogens is 1250 g/mol. The van der Waals surface area contributed by atoms with Gasteiger partial charge in [-0.1, -0.05) is 343 Å². The summed E-state index contributed by atoms with van der Waals surface area (Å²) in [4.78, 5) is 72.7. The van der Waals surface area contributed by atoms with E-state index in [0.29, 0.717) is 31.6 Å². The molecule has 0 aliphatic heterocycles. The van der Waals surface area contributed by atoms with Crippen LogP contribution in [0.15, 0.2) is 0 Å². The zero-order chi connectivity index (χ0) is 70.0. The largest absolute Gasteiger partial charge is 0.472 e. The van der Waals surface area contributed by atoms with Gasteiger partial charge in [0.1, 0.15) is 19.3 Å². The van der Waals surface area contributed by atoms with Gasteiger partial charge in [-0.05, 0) is 37.5 Å². The lowest BCUT2D eigenvalue weighted by Crippen LogP contribution is -2.30. The summed E-state index contributed by atoms with van der Waals surface area (Å²) in [6, 6.07) is 0. The van der Waals surface area contributed by atoms with Crippen molar-refractivity contribution >= 4 is 39.5 Å². The molecule has 0 radical (unpaired) electrons. The summed E-state index contributed by atoms with van der Waals surface area (Å²) < 4.78 is 68.4. The average molecular weight is 1400 g/mol. The summed E-state index contributed by atoms with van der Waals surface area (Å²) in [6.07, 6.45) is 55.7. The molecule has 564 valence electrons. The third-order valence-corrected chi connectivity index (χ3v) is 19.6. The van der Waals surface area contributed by atoms with Crippen LogP contribution in [0.2, 0.25) is 0 Å². The average Bonchev–Trinajstić information content (AvgIpc) is 2.74. The van der Waals surface area contributed by atoms with Gasteiger partial charge in [0, 0.05) is 25.7 Å². The van der Waals surface area contributed by atoms with Gasteiger partial charge in [0.05, 0.1) is 26.4 Å². The summed E-state index contributed by atoms with van der Waals surface area (Å²) in [6.45, 7) is 9.53. The van der Waals surface area contributed by atoms with E-state index in [1.54, 1.807) is 0 Å². The van der Waals surface area contributed by atoms with E-state index in [0.717, 1.165) is 102 Å². The Bertz CT molecular complexity index is 1840.